The number of aromatic amines is 1. The van der Waals surface area contributed by atoms with Crippen LogP contribution >= 0.6 is 0 Å². The van der Waals surface area contributed by atoms with Crippen LogP contribution in [0.2, 0.25) is 0 Å². The van der Waals surface area contributed by atoms with Crippen LogP contribution in [0.1, 0.15) is 35.5 Å². The molecule has 2 aromatic heterocycles. The van der Waals surface area contributed by atoms with Crippen LogP contribution in [0.4, 0.5) is 21.6 Å². The van der Waals surface area contributed by atoms with Crippen molar-refractivity contribution < 1.29 is 14.0 Å². The minimum absolute atomic E-state index is 0.0963. The highest BCUT2D eigenvalue weighted by molar-refractivity contribution is 6.06. The number of fused-ring (bicyclic) bond motifs is 1. The lowest BCUT2D eigenvalue weighted by Crippen LogP contribution is -2.49. The van der Waals surface area contributed by atoms with E-state index < -0.39 is 0 Å². The fraction of sp³-hybridized carbons (Fsp3) is 0.179. The Hall–Kier alpha value is -4.46. The summed E-state index contributed by atoms with van der Waals surface area (Å²) >= 11 is 0. The molecular weight excluding hydrogens is 457 g/mol. The average Bonchev–Trinajstić information content (AvgIpc) is 3.18. The van der Waals surface area contributed by atoms with Gasteiger partial charge in [-0.25, -0.2) is 9.37 Å². The van der Waals surface area contributed by atoms with Crippen LogP contribution in [-0.2, 0) is 17.6 Å². The van der Waals surface area contributed by atoms with Gasteiger partial charge in [-0.1, -0.05) is 30.3 Å². The summed E-state index contributed by atoms with van der Waals surface area (Å²) in [6.07, 6.45) is 2.35. The zero-order valence-electron chi connectivity index (χ0n) is 20.0. The molecule has 4 aromatic rings. The Kier molecular flexibility index (Phi) is 6.01. The minimum Gasteiger partial charge on any atom is -0.356 e. The summed E-state index contributed by atoms with van der Waals surface area (Å²) in [5.74, 6) is -0.383. The molecule has 0 spiro atoms. The molecule has 36 heavy (non-hydrogen) atoms. The molecule has 182 valence electrons. The lowest BCUT2D eigenvalue weighted by molar-refractivity contribution is -0.115. The number of para-hydroxylation sites is 1. The van der Waals surface area contributed by atoms with Crippen molar-refractivity contribution in [1.82, 2.24) is 15.3 Å². The Morgan fingerprint density at radius 2 is 1.83 bits per heavy atom. The first-order valence-electron chi connectivity index (χ1n) is 11.7. The summed E-state index contributed by atoms with van der Waals surface area (Å²) in [7, 11) is 0. The third kappa shape index (κ3) is 4.98. The molecule has 4 N–H and O–H groups in total. The Labute approximate surface area is 208 Å². The monoisotopic (exact) mass is 483 g/mol. The van der Waals surface area contributed by atoms with E-state index in [-0.39, 0.29) is 29.6 Å². The molecule has 0 saturated heterocycles. The van der Waals surface area contributed by atoms with E-state index in [0.717, 1.165) is 22.6 Å². The lowest BCUT2D eigenvalue weighted by Gasteiger charge is -2.30. The van der Waals surface area contributed by atoms with Crippen LogP contribution in [0.5, 0.6) is 0 Å². The van der Waals surface area contributed by atoms with E-state index in [1.165, 1.54) is 12.1 Å². The van der Waals surface area contributed by atoms with Crippen LogP contribution in [-0.4, -0.2) is 27.3 Å². The molecule has 3 heterocycles. The normalized spacial score (nSPS) is 14.0. The topological polar surface area (TPSA) is 98.9 Å². The van der Waals surface area contributed by atoms with Gasteiger partial charge in [-0.15, -0.1) is 0 Å². The second kappa shape index (κ2) is 9.30. The fourth-order valence-corrected chi connectivity index (χ4v) is 4.43. The number of halogens is 1. The molecule has 1 aliphatic rings. The van der Waals surface area contributed by atoms with Gasteiger partial charge in [0.1, 0.15) is 11.6 Å². The number of pyridine rings is 1. The van der Waals surface area contributed by atoms with E-state index in [0.29, 0.717) is 29.1 Å². The number of benzene rings is 2. The summed E-state index contributed by atoms with van der Waals surface area (Å²) in [6, 6.07) is 19.0. The number of nitrogens with zero attached hydrogens (tertiary/aromatic N) is 1. The Morgan fingerprint density at radius 1 is 1.08 bits per heavy atom. The molecule has 0 fully saturated rings. The number of aromatic nitrogens is 2. The van der Waals surface area contributed by atoms with E-state index >= 15 is 0 Å². The molecule has 5 rings (SSSR count). The van der Waals surface area contributed by atoms with Gasteiger partial charge < -0.3 is 20.9 Å². The van der Waals surface area contributed by atoms with E-state index in [1.54, 1.807) is 24.4 Å². The van der Waals surface area contributed by atoms with E-state index in [4.69, 9.17) is 0 Å². The zero-order valence-corrected chi connectivity index (χ0v) is 20.0. The molecule has 0 saturated carbocycles. The number of H-pyrrole nitrogens is 1. The lowest BCUT2D eigenvalue weighted by atomic mass is 9.91. The van der Waals surface area contributed by atoms with Crippen molar-refractivity contribution in [2.75, 3.05) is 10.6 Å². The van der Waals surface area contributed by atoms with Crippen LogP contribution in [0, 0.1) is 5.82 Å². The van der Waals surface area contributed by atoms with Crippen molar-refractivity contribution in [3.63, 3.8) is 0 Å². The Bertz CT molecular complexity index is 1430. The summed E-state index contributed by atoms with van der Waals surface area (Å²) in [5, 5.41) is 9.29. The van der Waals surface area contributed by atoms with E-state index in [9.17, 15) is 14.0 Å². The molecule has 2 amide bonds. The number of nitrogens with one attached hydrogen (secondary N) is 4. The van der Waals surface area contributed by atoms with Gasteiger partial charge in [-0.3, -0.25) is 9.59 Å². The van der Waals surface area contributed by atoms with Gasteiger partial charge in [0.25, 0.3) is 5.91 Å². The van der Waals surface area contributed by atoms with Crippen LogP contribution < -0.4 is 16.0 Å². The number of carbonyl (C=O) groups is 2. The van der Waals surface area contributed by atoms with E-state index in [1.807, 2.05) is 50.2 Å². The van der Waals surface area contributed by atoms with Crippen LogP contribution in [0.25, 0.3) is 11.3 Å². The van der Waals surface area contributed by atoms with Crippen molar-refractivity contribution in [3.8, 4) is 11.3 Å². The highest BCUT2D eigenvalue weighted by Gasteiger charge is 2.35. The molecule has 1 aliphatic heterocycles. The van der Waals surface area contributed by atoms with Crippen LogP contribution in [0.3, 0.4) is 0 Å². The first-order valence-corrected chi connectivity index (χ1v) is 11.7. The molecule has 8 heteroatoms. The number of carbonyl (C=O) groups excluding carboxylic acids is 2. The highest BCUT2D eigenvalue weighted by atomic mass is 19.1. The smallest absolute Gasteiger partial charge is 0.255 e. The summed E-state index contributed by atoms with van der Waals surface area (Å²) in [6.45, 7) is 3.97. The molecule has 7 nitrogen and oxygen atoms in total. The SMILES string of the molecule is CC1(C)Cc2[nH]c(-c3ccnc(NC(=O)Cc4ccc(F)cc4)c3)c(Nc3ccccc3)c2C(=O)N1. The molecule has 0 bridgehead atoms. The summed E-state index contributed by atoms with van der Waals surface area (Å²) < 4.78 is 13.2. The van der Waals surface area contributed by atoms with Gasteiger partial charge in [0.05, 0.1) is 23.4 Å². The number of amides is 2. The van der Waals surface area contributed by atoms with Gasteiger partial charge in [0.15, 0.2) is 0 Å². The quantitative estimate of drug-likeness (QED) is 0.303. The predicted molar refractivity (Wildman–Crippen MR) is 138 cm³/mol. The molecule has 2 aromatic carbocycles. The van der Waals surface area contributed by atoms with Crippen molar-refractivity contribution in [2.24, 2.45) is 0 Å². The first kappa shape index (κ1) is 23.3. The van der Waals surface area contributed by atoms with Gasteiger partial charge in [0, 0.05) is 35.1 Å². The molecule has 0 radical (unpaired) electrons. The Balaban J connectivity index is 1.47. The van der Waals surface area contributed by atoms with Crippen molar-refractivity contribution in [3.05, 3.63) is 95.6 Å². The molecule has 0 unspecified atom stereocenters. The molecule has 0 atom stereocenters. The summed E-state index contributed by atoms with van der Waals surface area (Å²) in [5.41, 5.74) is 4.74. The Morgan fingerprint density at radius 3 is 2.58 bits per heavy atom. The maximum Gasteiger partial charge on any atom is 0.255 e. The fourth-order valence-electron chi connectivity index (χ4n) is 4.43. The number of hydrogen-bond acceptors (Lipinski definition) is 4. The van der Waals surface area contributed by atoms with Gasteiger partial charge in [0.2, 0.25) is 5.91 Å². The maximum absolute atomic E-state index is 13.2. The van der Waals surface area contributed by atoms with Crippen molar-refractivity contribution >= 4 is 29.0 Å². The minimum atomic E-state index is -0.381. The van der Waals surface area contributed by atoms with E-state index in [2.05, 4.69) is 25.9 Å². The highest BCUT2D eigenvalue weighted by Crippen LogP contribution is 2.39. The number of rotatable bonds is 6. The number of hydrogen-bond donors (Lipinski definition) is 4. The second-order valence-electron chi connectivity index (χ2n) is 9.52. The predicted octanol–water partition coefficient (Wildman–Crippen LogP) is 5.21. The van der Waals surface area contributed by atoms with Gasteiger partial charge in [-0.2, -0.15) is 0 Å². The third-order valence-electron chi connectivity index (χ3n) is 6.01. The van der Waals surface area contributed by atoms with Crippen LogP contribution in [0.15, 0.2) is 72.9 Å². The first-order chi connectivity index (χ1) is 17.3. The standard InChI is InChI=1S/C28H26FN5O2/c1-28(2)16-21-24(27(36)34-28)26(31-20-6-4-3-5-7-20)25(32-21)18-12-13-30-22(15-18)33-23(35)14-17-8-10-19(29)11-9-17/h3-13,15,31-32H,14,16H2,1-2H3,(H,34,36)(H,30,33,35). The number of anilines is 3. The van der Waals surface area contributed by atoms with Crippen molar-refractivity contribution in [1.29, 1.82) is 0 Å². The second-order valence-corrected chi connectivity index (χ2v) is 9.52. The summed E-state index contributed by atoms with van der Waals surface area (Å²) in [4.78, 5) is 33.4. The maximum atomic E-state index is 13.2. The average molecular weight is 484 g/mol. The zero-order chi connectivity index (χ0) is 25.3. The third-order valence-corrected chi connectivity index (χ3v) is 6.01. The van der Waals surface area contributed by atoms with Crippen molar-refractivity contribution in [2.45, 2.75) is 32.2 Å². The molecule has 0 aliphatic carbocycles. The van der Waals surface area contributed by atoms with Gasteiger partial charge >= 0.3 is 0 Å². The van der Waals surface area contributed by atoms with Gasteiger partial charge in [-0.05, 0) is 55.8 Å². The molecular formula is C28H26FN5O2. The largest absolute Gasteiger partial charge is 0.356 e.